The molecule has 9 nitrogen and oxygen atoms in total. The van der Waals surface area contributed by atoms with Crippen molar-refractivity contribution in [3.8, 4) is 11.5 Å². The largest absolute Gasteiger partial charge is 0.553 e. The van der Waals surface area contributed by atoms with E-state index in [1.165, 1.54) is 12.5 Å². The van der Waals surface area contributed by atoms with E-state index in [0.717, 1.165) is 4.57 Å². The number of rotatable bonds is 9. The summed E-state index contributed by atoms with van der Waals surface area (Å²) in [6, 6.07) is 16.2. The minimum atomic E-state index is -3.85. The predicted octanol–water partition coefficient (Wildman–Crippen LogP) is 1.65. The number of aromatic nitrogens is 2. The Balaban J connectivity index is 1.95. The topological polar surface area (TPSA) is 143 Å². The Morgan fingerprint density at radius 3 is 2.07 bits per heavy atom. The van der Waals surface area contributed by atoms with Gasteiger partial charge in [0.25, 0.3) is 11.3 Å². The molecule has 0 saturated carbocycles. The molecule has 0 aliphatic heterocycles. The number of benzene rings is 2. The zero-order valence-corrected chi connectivity index (χ0v) is 16.9. The second kappa shape index (κ2) is 9.49. The molecule has 1 amide bonds. The number of imidazole rings is 1. The molecule has 5 N–H and O–H groups in total. The number of amides is 1. The average Bonchev–Trinajstić information content (AvgIpc) is 3.23. The van der Waals surface area contributed by atoms with Gasteiger partial charge < -0.3 is 11.5 Å². The Morgan fingerprint density at radius 2 is 1.57 bits per heavy atom. The van der Waals surface area contributed by atoms with Crippen molar-refractivity contribution < 1.29 is 23.5 Å². The van der Waals surface area contributed by atoms with Crippen molar-refractivity contribution in [3.05, 3.63) is 73.2 Å². The van der Waals surface area contributed by atoms with Gasteiger partial charge in [-0.05, 0) is 30.7 Å². The first kappa shape index (κ1) is 21.4. The van der Waals surface area contributed by atoms with Crippen LogP contribution in [0.25, 0.3) is 0 Å². The van der Waals surface area contributed by atoms with Crippen molar-refractivity contribution in [2.45, 2.75) is 18.9 Å². The zero-order chi connectivity index (χ0) is 21.6. The molecule has 10 heteroatoms. The number of carbonyl (C=O) groups excluding carboxylic acids is 2. The van der Waals surface area contributed by atoms with Crippen LogP contribution in [-0.4, -0.2) is 32.3 Å². The van der Waals surface area contributed by atoms with Gasteiger partial charge in [-0.25, -0.2) is 9.55 Å². The van der Waals surface area contributed by atoms with Crippen LogP contribution < -0.4 is 25.9 Å². The van der Waals surface area contributed by atoms with Crippen molar-refractivity contribution in [1.82, 2.24) is 9.55 Å². The molecule has 1 heterocycles. The Labute approximate surface area is 173 Å². The van der Waals surface area contributed by atoms with Gasteiger partial charge in [0.1, 0.15) is 6.33 Å². The van der Waals surface area contributed by atoms with Crippen LogP contribution >= 0.6 is 7.94 Å². The highest BCUT2D eigenvalue weighted by molar-refractivity contribution is 7.69. The van der Waals surface area contributed by atoms with Gasteiger partial charge in [-0.15, -0.1) is 0 Å². The number of primary amides is 1. The van der Waals surface area contributed by atoms with Crippen LogP contribution in [0.3, 0.4) is 0 Å². The van der Waals surface area contributed by atoms with Crippen LogP contribution in [0.1, 0.15) is 17.6 Å². The molecule has 2 aromatic carbocycles. The maximum absolute atomic E-state index is 12.8. The van der Waals surface area contributed by atoms with E-state index in [9.17, 15) is 14.5 Å². The van der Waals surface area contributed by atoms with Crippen molar-refractivity contribution in [2.75, 3.05) is 0 Å². The molecule has 156 valence electrons. The molecule has 3 aromatic rings. The van der Waals surface area contributed by atoms with Gasteiger partial charge in [-0.3, -0.25) is 18.6 Å². The fourth-order valence-corrected chi connectivity index (χ4v) is 4.30. The van der Waals surface area contributed by atoms with Crippen LogP contribution in [0.5, 0.6) is 11.5 Å². The third-order valence-corrected chi connectivity index (χ3v) is 5.94. The molecular formula is C20H22N4O5P+. The van der Waals surface area contributed by atoms with Crippen LogP contribution in [-0.2, 0) is 4.79 Å². The number of hydrogen-bond donors (Lipinski definition) is 3. The fraction of sp³-hybridized carbons (Fsp3) is 0.150. The standard InChI is InChI=1S/C20H21N4O5P/c21-17(11-12-18(22)25)20(26)24-14-23-13-19(24)30(27,28-15-7-3-1-4-8-15)29-16-9-5-2-6-10-16/h1-10,13-14,17,27H,11-12,21H2,(H-,22,25)/p+1/t17-/m0/s1. The number of para-hydroxylation sites is 2. The molecule has 0 aliphatic rings. The summed E-state index contributed by atoms with van der Waals surface area (Å²) >= 11 is 0. The lowest BCUT2D eigenvalue weighted by Crippen LogP contribution is -2.40. The normalized spacial score (nSPS) is 12.2. The Morgan fingerprint density at radius 1 is 1.03 bits per heavy atom. The van der Waals surface area contributed by atoms with E-state index in [4.69, 9.17) is 20.5 Å². The van der Waals surface area contributed by atoms with Crippen molar-refractivity contribution in [2.24, 2.45) is 11.5 Å². The Hall–Kier alpha value is -3.26. The predicted molar refractivity (Wildman–Crippen MR) is 112 cm³/mol. The van der Waals surface area contributed by atoms with Crippen molar-refractivity contribution in [3.63, 3.8) is 0 Å². The molecule has 1 atom stereocenters. The number of nitrogens with zero attached hydrogens (tertiary/aromatic N) is 2. The third kappa shape index (κ3) is 5.21. The summed E-state index contributed by atoms with van der Waals surface area (Å²) in [5.74, 6) is -0.437. The molecule has 1 aromatic heterocycles. The second-order valence-electron chi connectivity index (χ2n) is 6.40. The summed E-state index contributed by atoms with van der Waals surface area (Å²) in [5.41, 5.74) is 11.1. The Kier molecular flexibility index (Phi) is 6.79. The van der Waals surface area contributed by atoms with Crippen LogP contribution in [0, 0.1) is 0 Å². The van der Waals surface area contributed by atoms with E-state index in [1.807, 2.05) is 0 Å². The molecule has 0 spiro atoms. The highest BCUT2D eigenvalue weighted by atomic mass is 31.2. The molecule has 3 rings (SSSR count). The van der Waals surface area contributed by atoms with Gasteiger partial charge in [0.05, 0.1) is 12.2 Å². The van der Waals surface area contributed by atoms with Crippen LogP contribution in [0.2, 0.25) is 0 Å². The summed E-state index contributed by atoms with van der Waals surface area (Å²) in [6.07, 6.45) is 2.52. The second-order valence-corrected chi connectivity index (χ2v) is 8.26. The van der Waals surface area contributed by atoms with E-state index in [-0.39, 0.29) is 18.3 Å². The van der Waals surface area contributed by atoms with E-state index in [1.54, 1.807) is 60.7 Å². The highest BCUT2D eigenvalue weighted by Gasteiger charge is 2.52. The lowest BCUT2D eigenvalue weighted by molar-refractivity contribution is -0.118. The van der Waals surface area contributed by atoms with Gasteiger partial charge in [0, 0.05) is 6.42 Å². The van der Waals surface area contributed by atoms with Gasteiger partial charge >= 0.3 is 7.94 Å². The van der Waals surface area contributed by atoms with Crippen molar-refractivity contribution in [1.29, 1.82) is 0 Å². The van der Waals surface area contributed by atoms with E-state index < -0.39 is 25.8 Å². The zero-order valence-electron chi connectivity index (χ0n) is 16.0. The minimum Gasteiger partial charge on any atom is -0.370 e. The molecule has 0 saturated heterocycles. The first-order valence-electron chi connectivity index (χ1n) is 9.11. The third-order valence-electron chi connectivity index (χ3n) is 4.11. The molecular weight excluding hydrogens is 407 g/mol. The molecule has 0 bridgehead atoms. The smallest absolute Gasteiger partial charge is 0.370 e. The Bertz CT molecular complexity index is 955. The van der Waals surface area contributed by atoms with Gasteiger partial charge in [-0.2, -0.15) is 4.89 Å². The summed E-state index contributed by atoms with van der Waals surface area (Å²) < 4.78 is 12.8. The summed E-state index contributed by atoms with van der Waals surface area (Å²) in [4.78, 5) is 39.3. The van der Waals surface area contributed by atoms with Gasteiger partial charge in [0.15, 0.2) is 11.5 Å². The van der Waals surface area contributed by atoms with E-state index in [0.29, 0.717) is 11.5 Å². The van der Waals surface area contributed by atoms with Crippen LogP contribution in [0.4, 0.5) is 0 Å². The maximum Gasteiger partial charge on any atom is 0.553 e. The lowest BCUT2D eigenvalue weighted by Gasteiger charge is -2.19. The monoisotopic (exact) mass is 429 g/mol. The maximum atomic E-state index is 12.8. The van der Waals surface area contributed by atoms with Crippen LogP contribution in [0.15, 0.2) is 73.2 Å². The molecule has 30 heavy (non-hydrogen) atoms. The lowest BCUT2D eigenvalue weighted by atomic mass is 10.1. The highest BCUT2D eigenvalue weighted by Crippen LogP contribution is 2.54. The molecule has 0 fully saturated rings. The average molecular weight is 429 g/mol. The molecule has 0 aliphatic carbocycles. The number of nitrogens with two attached hydrogens (primary N) is 2. The quantitative estimate of drug-likeness (QED) is 0.439. The summed E-state index contributed by atoms with van der Waals surface area (Å²) in [7, 11) is -3.85. The van der Waals surface area contributed by atoms with E-state index in [2.05, 4.69) is 4.98 Å². The summed E-state index contributed by atoms with van der Waals surface area (Å²) in [5, 5.41) is 0. The first-order chi connectivity index (χ1) is 14.4. The molecule has 0 unspecified atom stereocenters. The van der Waals surface area contributed by atoms with Gasteiger partial charge in [-0.1, -0.05) is 36.4 Å². The minimum absolute atomic E-state index is 0.0229. The van der Waals surface area contributed by atoms with Gasteiger partial charge in [0.2, 0.25) is 5.91 Å². The SMILES string of the molecule is NC(=O)CC[C@H](N)C(=O)n1cncc1[P+](O)(Oc1ccccc1)Oc1ccccc1. The van der Waals surface area contributed by atoms with E-state index >= 15 is 0 Å². The number of carbonyl (C=O) groups is 2. The molecule has 0 radical (unpaired) electrons. The van der Waals surface area contributed by atoms with Crippen molar-refractivity contribution >= 4 is 25.2 Å². The first-order valence-corrected chi connectivity index (χ1v) is 10.7. The fourth-order valence-electron chi connectivity index (χ4n) is 2.63. The number of hydrogen-bond acceptors (Lipinski definition) is 7. The summed E-state index contributed by atoms with van der Waals surface area (Å²) in [6.45, 7) is 0.